The van der Waals surface area contributed by atoms with E-state index in [2.05, 4.69) is 45.1 Å². The summed E-state index contributed by atoms with van der Waals surface area (Å²) in [6.45, 7) is 6.36. The molecule has 2 aliphatic rings. The predicted octanol–water partition coefficient (Wildman–Crippen LogP) is 3.30. The normalized spacial score (nSPS) is 15.9. The highest BCUT2D eigenvalue weighted by molar-refractivity contribution is 5.68. The van der Waals surface area contributed by atoms with E-state index in [0.29, 0.717) is 24.9 Å². The first-order valence-corrected chi connectivity index (χ1v) is 9.61. The number of aromatic nitrogens is 3. The monoisotopic (exact) mass is 375 g/mol. The molecule has 2 aromatic rings. The molecule has 0 bridgehead atoms. The summed E-state index contributed by atoms with van der Waals surface area (Å²) in [5.41, 5.74) is 4.04. The van der Waals surface area contributed by atoms with Gasteiger partial charge in [-0.15, -0.1) is 5.10 Å². The lowest BCUT2D eigenvalue weighted by Gasteiger charge is -2.26. The van der Waals surface area contributed by atoms with Gasteiger partial charge in [-0.05, 0) is 24.5 Å². The van der Waals surface area contributed by atoms with E-state index in [-0.39, 0.29) is 6.61 Å². The van der Waals surface area contributed by atoms with Gasteiger partial charge in [-0.2, -0.15) is 9.67 Å². The van der Waals surface area contributed by atoms with E-state index in [1.54, 1.807) is 4.68 Å². The highest BCUT2D eigenvalue weighted by atomic mass is 16.3. The first kappa shape index (κ1) is 18.4. The first-order chi connectivity index (χ1) is 13.7. The number of hydrogen-bond donors (Lipinski definition) is 2. The number of rotatable bonds is 7. The third-order valence-corrected chi connectivity index (χ3v) is 4.81. The van der Waals surface area contributed by atoms with Gasteiger partial charge in [0.05, 0.1) is 12.3 Å². The van der Waals surface area contributed by atoms with Crippen LogP contribution in [0.5, 0.6) is 0 Å². The Morgan fingerprint density at radius 2 is 2.04 bits per heavy atom. The van der Waals surface area contributed by atoms with Crippen LogP contribution in [0.15, 0.2) is 72.5 Å². The van der Waals surface area contributed by atoms with Crippen LogP contribution in [0.2, 0.25) is 0 Å². The number of aliphatic hydroxyl groups excluding tert-OH is 1. The van der Waals surface area contributed by atoms with Crippen molar-refractivity contribution in [3.05, 3.63) is 72.5 Å². The van der Waals surface area contributed by atoms with Crippen molar-refractivity contribution in [1.82, 2.24) is 19.7 Å². The van der Waals surface area contributed by atoms with Gasteiger partial charge in [0, 0.05) is 30.9 Å². The molecular formula is C22H25N5O. The summed E-state index contributed by atoms with van der Waals surface area (Å²) in [5, 5.41) is 17.4. The van der Waals surface area contributed by atoms with E-state index in [0.717, 1.165) is 36.3 Å². The van der Waals surface area contributed by atoms with Crippen molar-refractivity contribution in [2.75, 3.05) is 31.6 Å². The first-order valence-electron chi connectivity index (χ1n) is 9.61. The standard InChI is InChI=1S/C22H25N5O/c1-17-14-20(16-26(12-13-28)15-18-8-4-2-5-9-18)23-22-24-21(25-27(17)22)19-10-6-3-7-11-19/h3-4,6-11,14,28H,1-2,5,12-13,15-16H2,(H,23,24,25). The van der Waals surface area contributed by atoms with Crippen molar-refractivity contribution in [2.45, 2.75) is 12.8 Å². The quantitative estimate of drug-likeness (QED) is 0.777. The maximum Gasteiger partial charge on any atom is 0.230 e. The van der Waals surface area contributed by atoms with E-state index < -0.39 is 0 Å². The van der Waals surface area contributed by atoms with E-state index in [9.17, 15) is 5.11 Å². The molecule has 1 aliphatic heterocycles. The van der Waals surface area contributed by atoms with Crippen LogP contribution in [0, 0.1) is 0 Å². The molecule has 0 radical (unpaired) electrons. The number of benzene rings is 1. The topological polar surface area (TPSA) is 66.2 Å². The molecule has 6 heteroatoms. The molecule has 1 aromatic heterocycles. The molecule has 6 nitrogen and oxygen atoms in total. The number of hydrogen-bond acceptors (Lipinski definition) is 5. The maximum absolute atomic E-state index is 9.47. The fourth-order valence-corrected chi connectivity index (χ4v) is 3.47. The lowest BCUT2D eigenvalue weighted by atomic mass is 10.1. The molecular weight excluding hydrogens is 350 g/mol. The number of allylic oxidation sites excluding steroid dienone is 4. The van der Waals surface area contributed by atoms with E-state index in [4.69, 9.17) is 0 Å². The number of nitrogens with one attached hydrogen (secondary N) is 1. The Bertz CT molecular complexity index is 939. The van der Waals surface area contributed by atoms with Gasteiger partial charge in [0.2, 0.25) is 5.95 Å². The smallest absolute Gasteiger partial charge is 0.230 e. The van der Waals surface area contributed by atoms with Gasteiger partial charge in [-0.1, -0.05) is 55.1 Å². The fourth-order valence-electron chi connectivity index (χ4n) is 3.47. The summed E-state index contributed by atoms with van der Waals surface area (Å²) in [4.78, 5) is 6.86. The van der Waals surface area contributed by atoms with Gasteiger partial charge in [0.25, 0.3) is 0 Å². The average Bonchev–Trinajstić information content (AvgIpc) is 3.14. The van der Waals surface area contributed by atoms with E-state index in [1.165, 1.54) is 5.57 Å². The molecule has 0 amide bonds. The second-order valence-electron chi connectivity index (χ2n) is 7.02. The van der Waals surface area contributed by atoms with Crippen LogP contribution in [-0.2, 0) is 0 Å². The number of nitrogens with zero attached hydrogens (tertiary/aromatic N) is 4. The molecule has 2 N–H and O–H groups in total. The number of anilines is 1. The summed E-state index contributed by atoms with van der Waals surface area (Å²) in [7, 11) is 0. The van der Waals surface area contributed by atoms with Crippen molar-refractivity contribution in [3.8, 4) is 11.4 Å². The van der Waals surface area contributed by atoms with Crippen molar-refractivity contribution in [2.24, 2.45) is 0 Å². The maximum atomic E-state index is 9.47. The molecule has 0 saturated heterocycles. The molecule has 0 spiro atoms. The summed E-state index contributed by atoms with van der Waals surface area (Å²) >= 11 is 0. The zero-order valence-corrected chi connectivity index (χ0v) is 15.9. The van der Waals surface area contributed by atoms with Crippen LogP contribution in [0.25, 0.3) is 17.1 Å². The minimum Gasteiger partial charge on any atom is -0.395 e. The summed E-state index contributed by atoms with van der Waals surface area (Å²) in [6.07, 6.45) is 10.8. The van der Waals surface area contributed by atoms with Gasteiger partial charge in [-0.25, -0.2) is 0 Å². The largest absolute Gasteiger partial charge is 0.395 e. The number of fused-ring (bicyclic) bond motifs is 1. The molecule has 2 heterocycles. The minimum absolute atomic E-state index is 0.125. The van der Waals surface area contributed by atoms with Crippen molar-refractivity contribution in [1.29, 1.82) is 0 Å². The zero-order chi connectivity index (χ0) is 19.3. The molecule has 0 fully saturated rings. The summed E-state index contributed by atoms with van der Waals surface area (Å²) in [5.74, 6) is 1.34. The summed E-state index contributed by atoms with van der Waals surface area (Å²) in [6, 6.07) is 9.91. The second-order valence-corrected chi connectivity index (χ2v) is 7.02. The van der Waals surface area contributed by atoms with Gasteiger partial charge < -0.3 is 10.4 Å². The Morgan fingerprint density at radius 3 is 2.79 bits per heavy atom. The molecule has 0 saturated carbocycles. The third-order valence-electron chi connectivity index (χ3n) is 4.81. The van der Waals surface area contributed by atoms with Gasteiger partial charge >= 0.3 is 0 Å². The van der Waals surface area contributed by atoms with Crippen LogP contribution in [0.3, 0.4) is 0 Å². The Balaban J connectivity index is 1.49. The average molecular weight is 375 g/mol. The molecule has 28 heavy (non-hydrogen) atoms. The van der Waals surface area contributed by atoms with Gasteiger partial charge in [0.15, 0.2) is 5.82 Å². The molecule has 1 aromatic carbocycles. The van der Waals surface area contributed by atoms with Crippen LogP contribution >= 0.6 is 0 Å². The van der Waals surface area contributed by atoms with Crippen LogP contribution in [-0.4, -0.2) is 51.0 Å². The fraction of sp³-hybridized carbons (Fsp3) is 0.273. The molecule has 0 unspecified atom stereocenters. The third kappa shape index (κ3) is 4.13. The second kappa shape index (κ2) is 8.37. The molecule has 0 atom stereocenters. The van der Waals surface area contributed by atoms with E-state index >= 15 is 0 Å². The highest BCUT2D eigenvalue weighted by Gasteiger charge is 2.20. The molecule has 4 rings (SSSR count). The van der Waals surface area contributed by atoms with Crippen molar-refractivity contribution >= 4 is 11.6 Å². The molecule has 144 valence electrons. The van der Waals surface area contributed by atoms with Crippen molar-refractivity contribution in [3.63, 3.8) is 0 Å². The van der Waals surface area contributed by atoms with Gasteiger partial charge in [0.1, 0.15) is 0 Å². The minimum atomic E-state index is 0.125. The van der Waals surface area contributed by atoms with Gasteiger partial charge in [-0.3, -0.25) is 4.90 Å². The van der Waals surface area contributed by atoms with Crippen LogP contribution < -0.4 is 5.32 Å². The van der Waals surface area contributed by atoms with Crippen LogP contribution in [0.4, 0.5) is 5.95 Å². The Kier molecular flexibility index (Phi) is 5.50. The Morgan fingerprint density at radius 1 is 1.18 bits per heavy atom. The lowest BCUT2D eigenvalue weighted by Crippen LogP contribution is -2.33. The van der Waals surface area contributed by atoms with Crippen molar-refractivity contribution < 1.29 is 5.11 Å². The molecule has 1 aliphatic carbocycles. The zero-order valence-electron chi connectivity index (χ0n) is 15.9. The highest BCUT2D eigenvalue weighted by Crippen LogP contribution is 2.25. The Hall–Kier alpha value is -2.96. The number of aliphatic hydroxyl groups is 1. The predicted molar refractivity (Wildman–Crippen MR) is 112 cm³/mol. The van der Waals surface area contributed by atoms with E-state index in [1.807, 2.05) is 36.4 Å². The SMILES string of the molecule is C=C1C=C(CN(CCO)CC2=CCCC=C2)Nc2nc(-c3ccccc3)nn21. The Labute approximate surface area is 165 Å². The van der Waals surface area contributed by atoms with Crippen LogP contribution in [0.1, 0.15) is 12.8 Å². The summed E-state index contributed by atoms with van der Waals surface area (Å²) < 4.78 is 1.73. The lowest BCUT2D eigenvalue weighted by molar-refractivity contribution is 0.216.